The summed E-state index contributed by atoms with van der Waals surface area (Å²) in [6.45, 7) is 0.899. The van der Waals surface area contributed by atoms with Gasteiger partial charge in [0.05, 0.1) is 0 Å². The van der Waals surface area contributed by atoms with Gasteiger partial charge in [-0.05, 0) is 18.1 Å². The van der Waals surface area contributed by atoms with E-state index in [2.05, 4.69) is 29.6 Å². The maximum atomic E-state index is 5.55. The third-order valence-electron chi connectivity index (χ3n) is 2.75. The van der Waals surface area contributed by atoms with Crippen LogP contribution < -0.4 is 5.32 Å². The van der Waals surface area contributed by atoms with Crippen molar-refractivity contribution in [2.45, 2.75) is 18.6 Å². The van der Waals surface area contributed by atoms with Crippen LogP contribution in [0.25, 0.3) is 0 Å². The van der Waals surface area contributed by atoms with Gasteiger partial charge < -0.3 is 10.1 Å². The Hall–Kier alpha value is -1.02. The molecule has 2 unspecified atom stereocenters. The van der Waals surface area contributed by atoms with E-state index < -0.39 is 0 Å². The average Bonchev–Trinajstić information content (AvgIpc) is 2.62. The van der Waals surface area contributed by atoms with Crippen LogP contribution in [0.3, 0.4) is 0 Å². The Labute approximate surface area is 71.5 Å². The van der Waals surface area contributed by atoms with Gasteiger partial charge in [0.1, 0.15) is 6.23 Å². The highest BCUT2D eigenvalue weighted by Gasteiger charge is 2.36. The van der Waals surface area contributed by atoms with Crippen LogP contribution in [0.4, 0.5) is 5.69 Å². The minimum atomic E-state index is 0.252. The Kier molecular flexibility index (Phi) is 1.21. The van der Waals surface area contributed by atoms with Gasteiger partial charge in [0.2, 0.25) is 0 Å². The molecule has 1 fully saturated rings. The lowest BCUT2D eigenvalue weighted by atomic mass is 9.99. The largest absolute Gasteiger partial charge is 0.359 e. The van der Waals surface area contributed by atoms with E-state index in [1.807, 2.05) is 0 Å². The fourth-order valence-corrected chi connectivity index (χ4v) is 2.16. The molecule has 3 rings (SSSR count). The monoisotopic (exact) mass is 161 g/mol. The van der Waals surface area contributed by atoms with Crippen LogP contribution in [0.1, 0.15) is 17.9 Å². The standard InChI is InChI=1S/C10H11NO/c1-2-4-9-7(3-1)8-5-6-12-10(8)11-9/h1-4,8,10-11H,5-6H2. The van der Waals surface area contributed by atoms with Gasteiger partial charge in [-0.1, -0.05) is 18.2 Å². The van der Waals surface area contributed by atoms with Crippen LogP contribution in [-0.2, 0) is 4.74 Å². The van der Waals surface area contributed by atoms with Crippen molar-refractivity contribution in [3.8, 4) is 0 Å². The molecule has 2 nitrogen and oxygen atoms in total. The zero-order valence-electron chi connectivity index (χ0n) is 6.79. The average molecular weight is 161 g/mol. The first kappa shape index (κ1) is 6.49. The molecule has 1 aromatic rings. The number of para-hydroxylation sites is 1. The topological polar surface area (TPSA) is 21.3 Å². The number of fused-ring (bicyclic) bond motifs is 3. The van der Waals surface area contributed by atoms with Crippen molar-refractivity contribution in [1.29, 1.82) is 0 Å². The van der Waals surface area contributed by atoms with Crippen molar-refractivity contribution < 1.29 is 4.74 Å². The number of benzene rings is 1. The molecule has 0 amide bonds. The van der Waals surface area contributed by atoms with Crippen LogP contribution in [0, 0.1) is 0 Å². The first-order chi connectivity index (χ1) is 5.95. The van der Waals surface area contributed by atoms with Crippen molar-refractivity contribution in [3.63, 3.8) is 0 Å². The third kappa shape index (κ3) is 0.730. The lowest BCUT2D eigenvalue weighted by molar-refractivity contribution is 0.129. The van der Waals surface area contributed by atoms with Crippen LogP contribution >= 0.6 is 0 Å². The lowest BCUT2D eigenvalue weighted by Gasteiger charge is -2.07. The van der Waals surface area contributed by atoms with E-state index in [1.54, 1.807) is 0 Å². The molecule has 0 bridgehead atoms. The highest BCUT2D eigenvalue weighted by Crippen LogP contribution is 2.41. The number of ether oxygens (including phenoxy) is 1. The molecular formula is C10H11NO. The number of hydrogen-bond donors (Lipinski definition) is 1. The molecule has 1 aromatic carbocycles. The SMILES string of the molecule is c1ccc2c(c1)NC1OCCC21. The summed E-state index contributed by atoms with van der Waals surface area (Å²) in [6.07, 6.45) is 1.41. The first-order valence-electron chi connectivity index (χ1n) is 4.42. The summed E-state index contributed by atoms with van der Waals surface area (Å²) >= 11 is 0. The van der Waals surface area contributed by atoms with Gasteiger partial charge in [0.15, 0.2) is 0 Å². The normalized spacial score (nSPS) is 31.0. The smallest absolute Gasteiger partial charge is 0.134 e. The highest BCUT2D eigenvalue weighted by molar-refractivity contribution is 5.58. The summed E-state index contributed by atoms with van der Waals surface area (Å²) in [7, 11) is 0. The molecule has 2 heteroatoms. The number of hydrogen-bond acceptors (Lipinski definition) is 2. The van der Waals surface area contributed by atoms with E-state index in [9.17, 15) is 0 Å². The second kappa shape index (κ2) is 2.23. The molecule has 2 aliphatic rings. The van der Waals surface area contributed by atoms with Crippen molar-refractivity contribution in [2.24, 2.45) is 0 Å². The molecule has 0 aromatic heterocycles. The molecule has 1 saturated heterocycles. The van der Waals surface area contributed by atoms with E-state index in [4.69, 9.17) is 4.74 Å². The summed E-state index contributed by atoms with van der Waals surface area (Å²) in [5.74, 6) is 0.598. The Morgan fingerprint density at radius 3 is 3.25 bits per heavy atom. The second-order valence-electron chi connectivity index (χ2n) is 3.42. The van der Waals surface area contributed by atoms with Crippen molar-refractivity contribution in [2.75, 3.05) is 11.9 Å². The van der Waals surface area contributed by atoms with Crippen molar-refractivity contribution in [1.82, 2.24) is 0 Å². The second-order valence-corrected chi connectivity index (χ2v) is 3.42. The quantitative estimate of drug-likeness (QED) is 0.627. The maximum absolute atomic E-state index is 5.55. The zero-order chi connectivity index (χ0) is 7.97. The molecule has 0 saturated carbocycles. The van der Waals surface area contributed by atoms with Crippen LogP contribution in [0.2, 0.25) is 0 Å². The molecule has 12 heavy (non-hydrogen) atoms. The highest BCUT2D eigenvalue weighted by atomic mass is 16.5. The third-order valence-corrected chi connectivity index (χ3v) is 2.75. The molecule has 2 atom stereocenters. The summed E-state index contributed by atoms with van der Waals surface area (Å²) in [5.41, 5.74) is 2.69. The minimum Gasteiger partial charge on any atom is -0.359 e. The number of nitrogens with one attached hydrogen (secondary N) is 1. The first-order valence-corrected chi connectivity index (χ1v) is 4.42. The fourth-order valence-electron chi connectivity index (χ4n) is 2.16. The maximum Gasteiger partial charge on any atom is 0.134 e. The lowest BCUT2D eigenvalue weighted by Crippen LogP contribution is -2.16. The Morgan fingerprint density at radius 1 is 1.33 bits per heavy atom. The number of anilines is 1. The number of rotatable bonds is 0. The zero-order valence-corrected chi connectivity index (χ0v) is 6.79. The van der Waals surface area contributed by atoms with Gasteiger partial charge in [0, 0.05) is 18.2 Å². The Bertz CT molecular complexity index is 310. The molecule has 0 spiro atoms. The van der Waals surface area contributed by atoms with E-state index in [0.29, 0.717) is 5.92 Å². The van der Waals surface area contributed by atoms with E-state index >= 15 is 0 Å². The fraction of sp³-hybridized carbons (Fsp3) is 0.400. The van der Waals surface area contributed by atoms with Gasteiger partial charge >= 0.3 is 0 Å². The van der Waals surface area contributed by atoms with E-state index in [1.165, 1.54) is 11.3 Å². The predicted octanol–water partition coefficient (Wildman–Crippen LogP) is 1.94. The summed E-state index contributed by atoms with van der Waals surface area (Å²) in [5, 5.41) is 3.37. The molecule has 0 radical (unpaired) electrons. The molecule has 2 heterocycles. The van der Waals surface area contributed by atoms with Crippen molar-refractivity contribution in [3.05, 3.63) is 29.8 Å². The Balaban J connectivity index is 2.09. The minimum absolute atomic E-state index is 0.252. The molecule has 62 valence electrons. The van der Waals surface area contributed by atoms with Crippen LogP contribution in [0.5, 0.6) is 0 Å². The summed E-state index contributed by atoms with van der Waals surface area (Å²) < 4.78 is 5.55. The van der Waals surface area contributed by atoms with Crippen LogP contribution in [-0.4, -0.2) is 12.8 Å². The van der Waals surface area contributed by atoms with Gasteiger partial charge in [-0.15, -0.1) is 0 Å². The van der Waals surface area contributed by atoms with Gasteiger partial charge in [0.25, 0.3) is 0 Å². The molecule has 0 aliphatic carbocycles. The Morgan fingerprint density at radius 2 is 2.25 bits per heavy atom. The van der Waals surface area contributed by atoms with Crippen molar-refractivity contribution >= 4 is 5.69 Å². The van der Waals surface area contributed by atoms with E-state index in [0.717, 1.165) is 13.0 Å². The molecule has 1 N–H and O–H groups in total. The van der Waals surface area contributed by atoms with Gasteiger partial charge in [-0.25, -0.2) is 0 Å². The van der Waals surface area contributed by atoms with Crippen LogP contribution in [0.15, 0.2) is 24.3 Å². The summed E-state index contributed by atoms with van der Waals surface area (Å²) in [4.78, 5) is 0. The molecular weight excluding hydrogens is 150 g/mol. The summed E-state index contributed by atoms with van der Waals surface area (Å²) in [6, 6.07) is 8.48. The molecule has 2 aliphatic heterocycles. The predicted molar refractivity (Wildman–Crippen MR) is 47.2 cm³/mol. The van der Waals surface area contributed by atoms with E-state index in [-0.39, 0.29) is 6.23 Å². The van der Waals surface area contributed by atoms with Gasteiger partial charge in [-0.2, -0.15) is 0 Å². The van der Waals surface area contributed by atoms with Gasteiger partial charge in [-0.3, -0.25) is 0 Å².